The molecule has 4 heteroatoms. The molecule has 0 aliphatic carbocycles. The van der Waals surface area contributed by atoms with E-state index in [1.54, 1.807) is 4.57 Å². The number of nitrogens with zero attached hydrogens (tertiary/aromatic N) is 2. The lowest BCUT2D eigenvalue weighted by molar-refractivity contribution is 0.103. The molecule has 4 nitrogen and oxygen atoms in total. The topological polar surface area (TPSA) is 44.1 Å². The van der Waals surface area contributed by atoms with Gasteiger partial charge < -0.3 is 9.30 Å². The van der Waals surface area contributed by atoms with Gasteiger partial charge in [0, 0.05) is 13.1 Å². The van der Waals surface area contributed by atoms with Crippen LogP contribution in [0.2, 0.25) is 0 Å². The van der Waals surface area contributed by atoms with Crippen molar-refractivity contribution >= 4 is 16.8 Å². The number of benzene rings is 1. The van der Waals surface area contributed by atoms with Crippen molar-refractivity contribution in [1.82, 2.24) is 9.55 Å². The summed E-state index contributed by atoms with van der Waals surface area (Å²) in [4.78, 5) is 16.2. The summed E-state index contributed by atoms with van der Waals surface area (Å²) < 4.78 is 6.79. The van der Waals surface area contributed by atoms with Crippen molar-refractivity contribution in [3.8, 4) is 0 Å². The molecule has 1 aromatic heterocycles. The van der Waals surface area contributed by atoms with Crippen molar-refractivity contribution in [2.24, 2.45) is 7.05 Å². The number of aromatic nitrogens is 2. The zero-order chi connectivity index (χ0) is 12.3. The number of carbonyl (C=O) groups is 1. The number of carbonyl (C=O) groups excluding carboxylic acids is 1. The van der Waals surface area contributed by atoms with Crippen molar-refractivity contribution in [2.75, 3.05) is 6.61 Å². The number of fused-ring (bicyclic) bond motifs is 1. The summed E-state index contributed by atoms with van der Waals surface area (Å²) in [5, 5.41) is 0. The predicted molar refractivity (Wildman–Crippen MR) is 65.8 cm³/mol. The van der Waals surface area contributed by atoms with Gasteiger partial charge in [-0.05, 0) is 19.1 Å². The zero-order valence-corrected chi connectivity index (χ0v) is 9.88. The first-order valence-corrected chi connectivity index (χ1v) is 5.48. The summed E-state index contributed by atoms with van der Waals surface area (Å²) >= 11 is 0. The Kier molecular flexibility index (Phi) is 3.23. The summed E-state index contributed by atoms with van der Waals surface area (Å²) in [6, 6.07) is 7.65. The Balaban J connectivity index is 2.35. The largest absolute Gasteiger partial charge is 0.501 e. The van der Waals surface area contributed by atoms with Gasteiger partial charge >= 0.3 is 0 Å². The summed E-state index contributed by atoms with van der Waals surface area (Å²) in [7, 11) is 1.83. The van der Waals surface area contributed by atoms with Crippen molar-refractivity contribution in [2.45, 2.75) is 6.92 Å². The highest BCUT2D eigenvalue weighted by Crippen LogP contribution is 2.14. The van der Waals surface area contributed by atoms with E-state index in [4.69, 9.17) is 4.74 Å². The summed E-state index contributed by atoms with van der Waals surface area (Å²) in [5.74, 6) is 0.263. The molecule has 0 atom stereocenters. The van der Waals surface area contributed by atoms with Gasteiger partial charge in [0.05, 0.1) is 23.9 Å². The van der Waals surface area contributed by atoms with Gasteiger partial charge in [-0.1, -0.05) is 12.1 Å². The molecule has 0 spiro atoms. The molecule has 0 unspecified atom stereocenters. The fourth-order valence-corrected chi connectivity index (χ4v) is 1.65. The second kappa shape index (κ2) is 4.82. The molecule has 0 aliphatic heterocycles. The monoisotopic (exact) mass is 230 g/mol. The van der Waals surface area contributed by atoms with E-state index in [-0.39, 0.29) is 5.78 Å². The molecule has 0 bridgehead atoms. The number of hydrogen-bond acceptors (Lipinski definition) is 3. The van der Waals surface area contributed by atoms with E-state index < -0.39 is 0 Å². The highest BCUT2D eigenvalue weighted by atomic mass is 16.5. The van der Waals surface area contributed by atoms with E-state index >= 15 is 0 Å². The molecule has 2 aromatic rings. The summed E-state index contributed by atoms with van der Waals surface area (Å²) in [5.41, 5.74) is 1.77. The fraction of sp³-hybridized carbons (Fsp3) is 0.231. The molecule has 0 radical (unpaired) electrons. The molecular formula is C13H14N2O2. The SMILES string of the molecule is CCOC=CC(=O)c1nc2ccccc2n1C. The number of ether oxygens (including phenoxy) is 1. The first kappa shape index (κ1) is 11.4. The van der Waals surface area contributed by atoms with Gasteiger partial charge in [-0.2, -0.15) is 0 Å². The maximum absolute atomic E-state index is 11.9. The van der Waals surface area contributed by atoms with Crippen LogP contribution in [0.15, 0.2) is 36.6 Å². The lowest BCUT2D eigenvalue weighted by Gasteiger charge is -1.97. The number of rotatable bonds is 4. The van der Waals surface area contributed by atoms with E-state index in [1.165, 1.54) is 12.3 Å². The normalized spacial score (nSPS) is 11.2. The first-order valence-electron chi connectivity index (χ1n) is 5.48. The number of allylic oxidation sites excluding steroid dienone is 1. The Labute approximate surface area is 99.5 Å². The van der Waals surface area contributed by atoms with Crippen LogP contribution < -0.4 is 0 Å². The average Bonchev–Trinajstić information content (AvgIpc) is 2.68. The number of imidazole rings is 1. The van der Waals surface area contributed by atoms with Crippen molar-refractivity contribution in [1.29, 1.82) is 0 Å². The van der Waals surface area contributed by atoms with Gasteiger partial charge in [-0.3, -0.25) is 4.79 Å². The fourth-order valence-electron chi connectivity index (χ4n) is 1.65. The van der Waals surface area contributed by atoms with E-state index in [9.17, 15) is 4.79 Å². The van der Waals surface area contributed by atoms with E-state index in [0.29, 0.717) is 12.4 Å². The molecular weight excluding hydrogens is 216 g/mol. The molecule has 2 rings (SSSR count). The maximum Gasteiger partial charge on any atom is 0.224 e. The van der Waals surface area contributed by atoms with E-state index in [2.05, 4.69) is 4.98 Å². The lowest BCUT2D eigenvalue weighted by atomic mass is 10.3. The molecule has 1 heterocycles. The minimum Gasteiger partial charge on any atom is -0.501 e. The van der Waals surface area contributed by atoms with Crippen LogP contribution in [-0.2, 0) is 11.8 Å². The van der Waals surface area contributed by atoms with Crippen LogP contribution in [0.25, 0.3) is 11.0 Å². The van der Waals surface area contributed by atoms with Crippen LogP contribution in [0, 0.1) is 0 Å². The van der Waals surface area contributed by atoms with E-state index in [1.807, 2.05) is 38.2 Å². The zero-order valence-electron chi connectivity index (χ0n) is 9.88. The van der Waals surface area contributed by atoms with Crippen LogP contribution in [0.4, 0.5) is 0 Å². The number of para-hydroxylation sites is 2. The van der Waals surface area contributed by atoms with Crippen molar-refractivity contribution in [3.63, 3.8) is 0 Å². The minimum atomic E-state index is -0.155. The lowest BCUT2D eigenvalue weighted by Crippen LogP contribution is -2.04. The van der Waals surface area contributed by atoms with Gasteiger partial charge in [-0.25, -0.2) is 4.98 Å². The van der Waals surface area contributed by atoms with Gasteiger partial charge in [0.1, 0.15) is 0 Å². The molecule has 0 fully saturated rings. The average molecular weight is 230 g/mol. The number of hydrogen-bond donors (Lipinski definition) is 0. The van der Waals surface area contributed by atoms with Crippen LogP contribution >= 0.6 is 0 Å². The van der Waals surface area contributed by atoms with Gasteiger partial charge in [-0.15, -0.1) is 0 Å². The van der Waals surface area contributed by atoms with Crippen molar-refractivity contribution in [3.05, 3.63) is 42.4 Å². The summed E-state index contributed by atoms with van der Waals surface area (Å²) in [6.07, 6.45) is 2.80. The van der Waals surface area contributed by atoms with E-state index in [0.717, 1.165) is 11.0 Å². The Hall–Kier alpha value is -2.10. The number of aryl methyl sites for hydroxylation is 1. The van der Waals surface area contributed by atoms with Crippen molar-refractivity contribution < 1.29 is 9.53 Å². The first-order chi connectivity index (χ1) is 8.24. The van der Waals surface area contributed by atoms with Crippen LogP contribution in [0.3, 0.4) is 0 Å². The standard InChI is InChI=1S/C13H14N2O2/c1-3-17-9-8-12(16)13-14-10-6-4-5-7-11(10)15(13)2/h4-9H,3H2,1-2H3. The Morgan fingerprint density at radius 2 is 2.24 bits per heavy atom. The molecule has 88 valence electrons. The third-order valence-electron chi connectivity index (χ3n) is 2.49. The van der Waals surface area contributed by atoms with Gasteiger partial charge in [0.25, 0.3) is 0 Å². The summed E-state index contributed by atoms with van der Waals surface area (Å²) in [6.45, 7) is 2.41. The molecule has 0 saturated carbocycles. The Bertz CT molecular complexity index is 570. The maximum atomic E-state index is 11.9. The highest BCUT2D eigenvalue weighted by molar-refractivity contribution is 6.03. The minimum absolute atomic E-state index is 0.155. The molecule has 1 aromatic carbocycles. The second-order valence-electron chi connectivity index (χ2n) is 3.61. The van der Waals surface area contributed by atoms with Crippen LogP contribution in [-0.4, -0.2) is 21.9 Å². The second-order valence-corrected chi connectivity index (χ2v) is 3.61. The molecule has 0 N–H and O–H groups in total. The molecule has 0 saturated heterocycles. The quantitative estimate of drug-likeness (QED) is 0.460. The van der Waals surface area contributed by atoms with Crippen LogP contribution in [0.1, 0.15) is 17.5 Å². The highest BCUT2D eigenvalue weighted by Gasteiger charge is 2.12. The predicted octanol–water partition coefficient (Wildman–Crippen LogP) is 2.31. The Morgan fingerprint density at radius 3 is 2.94 bits per heavy atom. The molecule has 17 heavy (non-hydrogen) atoms. The third kappa shape index (κ3) is 2.20. The van der Waals surface area contributed by atoms with Gasteiger partial charge in [0.2, 0.25) is 5.78 Å². The smallest absolute Gasteiger partial charge is 0.224 e. The van der Waals surface area contributed by atoms with Crippen LogP contribution in [0.5, 0.6) is 0 Å². The third-order valence-corrected chi connectivity index (χ3v) is 2.49. The molecule has 0 amide bonds. The number of ketones is 1. The Morgan fingerprint density at radius 1 is 1.47 bits per heavy atom. The van der Waals surface area contributed by atoms with Gasteiger partial charge in [0.15, 0.2) is 5.82 Å². The molecule has 0 aliphatic rings.